The molecule has 1 aromatic heterocycles. The Morgan fingerprint density at radius 1 is 1.16 bits per heavy atom. The Bertz CT molecular complexity index is 1310. The number of hydrogen-bond acceptors (Lipinski definition) is 12. The maximum absolute atomic E-state index is 14.2. The zero-order valence-corrected chi connectivity index (χ0v) is 30.7. The number of hydrogen-bond donors (Lipinski definition) is 5. The van der Waals surface area contributed by atoms with E-state index >= 15 is 0 Å². The van der Waals surface area contributed by atoms with Gasteiger partial charge in [0.1, 0.15) is 29.5 Å². The Kier molecular flexibility index (Phi) is 9.64. The Labute approximate surface area is 290 Å². The van der Waals surface area contributed by atoms with Gasteiger partial charge in [-0.2, -0.15) is 0 Å². The smallest absolute Gasteiger partial charge is 0.336 e. The normalized spacial score (nSPS) is 41.2. The molecule has 0 unspecified atom stereocenters. The second-order valence-corrected chi connectivity index (χ2v) is 14.1. The molecule has 13 heteroatoms. The van der Waals surface area contributed by atoms with Crippen LogP contribution in [0.5, 0.6) is 0 Å². The second-order valence-electron chi connectivity index (χ2n) is 13.1. The monoisotopic (exact) mass is 835 g/mol. The summed E-state index contributed by atoms with van der Waals surface area (Å²) in [6.45, 7) is 8.72. The quantitative estimate of drug-likeness (QED) is 0.211. The van der Waals surface area contributed by atoms with Crippen LogP contribution in [0.25, 0.3) is 0 Å². The van der Waals surface area contributed by atoms with Crippen LogP contribution in [0.1, 0.15) is 65.2 Å². The Hall–Kier alpha value is -0.748. The summed E-state index contributed by atoms with van der Waals surface area (Å²) in [6.07, 6.45) is -8.96. The van der Waals surface area contributed by atoms with Crippen LogP contribution in [0.2, 0.25) is 0 Å². The molecule has 1 saturated heterocycles. The maximum Gasteiger partial charge on any atom is 0.336 e. The SMILES string of the molecule is CC(=O)O[C@H]1[C@@H]2[C@]3(O)CO[C@@H]3C[C@H](O)[C@@]2(C)C(=O)[C@H](O)C2=C(C)[C@@H](OC(=O)[C@H](O)[C@@H](C)c3cccs3)C[C@]1(O)C2(C)C.[Ac]. The van der Waals surface area contributed by atoms with Crippen molar-refractivity contribution in [2.24, 2.45) is 16.7 Å². The standard InChI is InChI=1S/C30H40O11S.Ac/c1-13-16(41-26(36)21(33)14(2)17-8-7-9-42-17)11-30(38)25(40-15(3)31)23-28(6,18(32)10-19-29(23,37)12-39-19)24(35)22(34)20(13)27(30,4)5;/h7-9,14,16,18-19,21-23,25,32-34,37-38H,10-12H2,1-6H3;/t14-,16-,18-,19+,21+,22+,23-,25-,28+,29-,30+;/m0./s1. The molecule has 11 nitrogen and oxygen atoms in total. The maximum atomic E-state index is 14.2. The molecule has 0 amide bonds. The molecule has 43 heavy (non-hydrogen) atoms. The van der Waals surface area contributed by atoms with Crippen molar-refractivity contribution in [3.05, 3.63) is 33.5 Å². The Morgan fingerprint density at radius 2 is 1.81 bits per heavy atom. The summed E-state index contributed by atoms with van der Waals surface area (Å²) >= 11 is 1.37. The molecule has 3 fully saturated rings. The number of esters is 2. The van der Waals surface area contributed by atoms with E-state index in [0.717, 1.165) is 11.8 Å². The van der Waals surface area contributed by atoms with E-state index < -0.39 is 88.2 Å². The van der Waals surface area contributed by atoms with Gasteiger partial charge in [0.25, 0.3) is 0 Å². The van der Waals surface area contributed by atoms with Crippen molar-refractivity contribution >= 4 is 29.1 Å². The van der Waals surface area contributed by atoms with Gasteiger partial charge >= 0.3 is 11.9 Å². The van der Waals surface area contributed by atoms with Crippen LogP contribution in [0.3, 0.4) is 0 Å². The van der Waals surface area contributed by atoms with Gasteiger partial charge in [0.15, 0.2) is 11.9 Å². The Balaban J connectivity index is 0.00000423. The molecule has 1 aliphatic heterocycles. The summed E-state index contributed by atoms with van der Waals surface area (Å²) in [5, 5.41) is 60.2. The number of carbonyl (C=O) groups excluding carboxylic acids is 3. The molecule has 4 aliphatic rings. The second kappa shape index (κ2) is 11.8. The van der Waals surface area contributed by atoms with E-state index in [2.05, 4.69) is 0 Å². The number of aliphatic hydroxyl groups is 5. The number of rotatable bonds is 5. The first kappa shape index (κ1) is 35.1. The zero-order valence-electron chi connectivity index (χ0n) is 25.1. The van der Waals surface area contributed by atoms with Gasteiger partial charge in [-0.3, -0.25) is 9.59 Å². The fourth-order valence-electron chi connectivity index (χ4n) is 7.92. The first-order chi connectivity index (χ1) is 19.4. The molecule has 5 rings (SSSR count). The van der Waals surface area contributed by atoms with Gasteiger partial charge in [-0.1, -0.05) is 26.8 Å². The molecular formula is C30H40AcO11S. The summed E-state index contributed by atoms with van der Waals surface area (Å²) in [7, 11) is 0. The van der Waals surface area contributed by atoms with Crippen LogP contribution in [-0.4, -0.2) is 97.7 Å². The van der Waals surface area contributed by atoms with E-state index in [9.17, 15) is 39.9 Å². The van der Waals surface area contributed by atoms with Gasteiger partial charge in [-0.15, -0.1) is 11.3 Å². The number of aliphatic hydroxyl groups excluding tert-OH is 3. The topological polar surface area (TPSA) is 180 Å². The third kappa shape index (κ3) is 5.04. The fourth-order valence-corrected chi connectivity index (χ4v) is 8.73. The number of fused-ring (bicyclic) bond motifs is 5. The molecule has 11 atom stereocenters. The molecule has 235 valence electrons. The summed E-state index contributed by atoms with van der Waals surface area (Å²) in [4.78, 5) is 40.8. The van der Waals surface area contributed by atoms with Crippen LogP contribution in [0.15, 0.2) is 28.7 Å². The minimum absolute atomic E-state index is 0. The fraction of sp³-hybridized carbons (Fsp3) is 0.700. The van der Waals surface area contributed by atoms with Crippen LogP contribution >= 0.6 is 11.3 Å². The van der Waals surface area contributed by atoms with Gasteiger partial charge in [0.2, 0.25) is 0 Å². The third-order valence-electron chi connectivity index (χ3n) is 10.6. The van der Waals surface area contributed by atoms with E-state index in [1.165, 1.54) is 18.3 Å². The van der Waals surface area contributed by atoms with Gasteiger partial charge in [0.05, 0.1) is 24.2 Å². The summed E-state index contributed by atoms with van der Waals surface area (Å²) < 4.78 is 17.1. The van der Waals surface area contributed by atoms with Gasteiger partial charge in [-0.05, 0) is 36.4 Å². The van der Waals surface area contributed by atoms with Crippen LogP contribution in [0.4, 0.5) is 0 Å². The van der Waals surface area contributed by atoms with Gasteiger partial charge in [0, 0.05) is 86.0 Å². The molecule has 3 aliphatic carbocycles. The van der Waals surface area contributed by atoms with E-state index in [4.69, 9.17) is 14.2 Å². The molecule has 2 bridgehead atoms. The third-order valence-corrected chi connectivity index (χ3v) is 11.7. The number of ketones is 1. The van der Waals surface area contributed by atoms with E-state index in [-0.39, 0.29) is 69.1 Å². The van der Waals surface area contributed by atoms with Crippen LogP contribution in [0, 0.1) is 60.8 Å². The molecular weight excluding hydrogens is 795 g/mol. The van der Waals surface area contributed by atoms with Crippen LogP contribution in [-0.2, 0) is 28.6 Å². The largest absolute Gasteiger partial charge is 0.459 e. The molecule has 5 N–H and O–H groups in total. The summed E-state index contributed by atoms with van der Waals surface area (Å²) in [5.74, 6) is -4.56. The number of carbonyl (C=O) groups is 3. The minimum atomic E-state index is -2.12. The van der Waals surface area contributed by atoms with Crippen molar-refractivity contribution in [2.75, 3.05) is 6.61 Å². The first-order valence-corrected chi connectivity index (χ1v) is 15.1. The van der Waals surface area contributed by atoms with Crippen molar-refractivity contribution in [2.45, 2.75) is 108 Å². The zero-order chi connectivity index (χ0) is 31.2. The summed E-state index contributed by atoms with van der Waals surface area (Å²) in [5.41, 5.74) is -6.83. The van der Waals surface area contributed by atoms with Gasteiger partial charge in [-0.25, -0.2) is 4.79 Å². The number of Topliss-reactive ketones (excluding diaryl/α,β-unsaturated/α-hetero) is 1. The van der Waals surface area contributed by atoms with E-state index in [1.807, 2.05) is 5.38 Å². The van der Waals surface area contributed by atoms with E-state index in [1.54, 1.807) is 39.8 Å². The minimum Gasteiger partial charge on any atom is -0.459 e. The van der Waals surface area contributed by atoms with Crippen molar-refractivity contribution in [3.63, 3.8) is 0 Å². The van der Waals surface area contributed by atoms with Crippen molar-refractivity contribution in [3.8, 4) is 0 Å². The average molecular weight is 836 g/mol. The average Bonchev–Trinajstić information content (AvgIpc) is 3.45. The molecule has 2 saturated carbocycles. The van der Waals surface area contributed by atoms with Crippen LogP contribution < -0.4 is 0 Å². The Morgan fingerprint density at radius 3 is 2.35 bits per heavy atom. The first-order valence-electron chi connectivity index (χ1n) is 14.2. The molecule has 1 aromatic rings. The molecule has 0 spiro atoms. The van der Waals surface area contributed by atoms with E-state index in [0.29, 0.717) is 5.57 Å². The number of ether oxygens (including phenoxy) is 3. The van der Waals surface area contributed by atoms with Crippen molar-refractivity contribution < 1.29 is 98.2 Å². The van der Waals surface area contributed by atoms with Crippen molar-refractivity contribution in [1.82, 2.24) is 0 Å². The predicted octanol–water partition coefficient (Wildman–Crippen LogP) is 0.994. The molecule has 2 heterocycles. The van der Waals surface area contributed by atoms with Crippen molar-refractivity contribution in [1.29, 1.82) is 0 Å². The molecule has 1 radical (unpaired) electrons. The predicted molar refractivity (Wildman–Crippen MR) is 148 cm³/mol. The molecule has 0 aromatic carbocycles. The summed E-state index contributed by atoms with van der Waals surface area (Å²) in [6, 6.07) is 3.58. The number of thiophene rings is 1. The van der Waals surface area contributed by atoms with Gasteiger partial charge < -0.3 is 39.7 Å².